The minimum absolute atomic E-state index is 0.671. The second-order valence-electron chi connectivity index (χ2n) is 4.26. The zero-order valence-electron chi connectivity index (χ0n) is 8.53. The van der Waals surface area contributed by atoms with Gasteiger partial charge in [-0.25, -0.2) is 0 Å². The van der Waals surface area contributed by atoms with Crippen molar-refractivity contribution < 1.29 is 0 Å². The Hall–Kier alpha value is -0.610. The van der Waals surface area contributed by atoms with Gasteiger partial charge >= 0.3 is 0 Å². The number of fused-ring (bicyclic) bond motifs is 1. The molecule has 1 aliphatic rings. The molecule has 0 bridgehead atoms. The number of nitrogens with two attached hydrogens (primary N) is 1. The van der Waals surface area contributed by atoms with Crippen LogP contribution in [0.4, 0.5) is 5.69 Å². The molecule has 4 heteroatoms. The molecule has 2 aromatic heterocycles. The van der Waals surface area contributed by atoms with Crippen LogP contribution < -0.4 is 5.73 Å². The number of nitrogens with zero attached hydrogens (tertiary/aromatic N) is 1. The summed E-state index contributed by atoms with van der Waals surface area (Å²) in [6.45, 7) is 0. The van der Waals surface area contributed by atoms with E-state index < -0.39 is 0 Å². The van der Waals surface area contributed by atoms with E-state index in [0.29, 0.717) is 5.92 Å². The van der Waals surface area contributed by atoms with Gasteiger partial charge in [-0.2, -0.15) is 4.37 Å². The minimum atomic E-state index is 0.671. The lowest BCUT2D eigenvalue weighted by Crippen LogP contribution is -2.05. The largest absolute Gasteiger partial charge is 0.397 e. The fourth-order valence-electron chi connectivity index (χ4n) is 2.46. The summed E-state index contributed by atoms with van der Waals surface area (Å²) in [5, 5.41) is 3.31. The van der Waals surface area contributed by atoms with Gasteiger partial charge in [-0.15, -0.1) is 11.3 Å². The van der Waals surface area contributed by atoms with Gasteiger partial charge in [0.2, 0.25) is 0 Å². The van der Waals surface area contributed by atoms with Crippen LogP contribution >= 0.6 is 22.9 Å². The van der Waals surface area contributed by atoms with E-state index in [9.17, 15) is 0 Å². The van der Waals surface area contributed by atoms with E-state index in [4.69, 9.17) is 5.73 Å². The summed E-state index contributed by atoms with van der Waals surface area (Å²) in [4.78, 5) is 0. The zero-order chi connectivity index (χ0) is 10.3. The van der Waals surface area contributed by atoms with E-state index in [1.807, 2.05) is 0 Å². The number of thiophene rings is 1. The third kappa shape index (κ3) is 1.56. The van der Waals surface area contributed by atoms with Crippen molar-refractivity contribution in [1.82, 2.24) is 4.37 Å². The fourth-order valence-corrected chi connectivity index (χ4v) is 4.32. The maximum atomic E-state index is 6.01. The molecular formula is C11H14N2S2. The standard InChI is InChI=1S/C11H14N2S2/c12-8-6-14-11-9(8)10(13-15-11)7-4-2-1-3-5-7/h6-7H,1-5,12H2. The Bertz CT molecular complexity index is 466. The van der Waals surface area contributed by atoms with Crippen molar-refractivity contribution in [3.63, 3.8) is 0 Å². The highest BCUT2D eigenvalue weighted by Crippen LogP contribution is 2.41. The Morgan fingerprint density at radius 3 is 2.87 bits per heavy atom. The van der Waals surface area contributed by atoms with Gasteiger partial charge in [0.05, 0.1) is 16.8 Å². The van der Waals surface area contributed by atoms with E-state index in [2.05, 4.69) is 9.75 Å². The molecule has 2 heterocycles. The number of aromatic nitrogens is 1. The third-order valence-corrected chi connectivity index (χ3v) is 5.22. The molecule has 2 aromatic rings. The first-order valence-corrected chi connectivity index (χ1v) is 7.14. The molecule has 0 spiro atoms. The van der Waals surface area contributed by atoms with Crippen molar-refractivity contribution in [3.8, 4) is 0 Å². The van der Waals surface area contributed by atoms with E-state index in [-0.39, 0.29) is 0 Å². The average molecular weight is 238 g/mol. The van der Waals surface area contributed by atoms with E-state index >= 15 is 0 Å². The van der Waals surface area contributed by atoms with Gasteiger partial charge in [0, 0.05) is 11.3 Å². The quantitative estimate of drug-likeness (QED) is 0.816. The highest BCUT2D eigenvalue weighted by atomic mass is 32.2. The van der Waals surface area contributed by atoms with Crippen LogP contribution in [-0.4, -0.2) is 4.37 Å². The summed E-state index contributed by atoms with van der Waals surface area (Å²) in [6, 6.07) is 0. The normalized spacial score (nSPS) is 18.7. The fraction of sp³-hybridized carbons (Fsp3) is 0.545. The van der Waals surface area contributed by atoms with Crippen LogP contribution in [0.1, 0.15) is 43.7 Å². The van der Waals surface area contributed by atoms with Crippen LogP contribution in [0.15, 0.2) is 5.38 Å². The summed E-state index contributed by atoms with van der Waals surface area (Å²) in [5.41, 5.74) is 8.23. The molecule has 0 aromatic carbocycles. The molecular weight excluding hydrogens is 224 g/mol. The highest BCUT2D eigenvalue weighted by Gasteiger charge is 2.22. The van der Waals surface area contributed by atoms with E-state index in [0.717, 1.165) is 5.69 Å². The maximum absolute atomic E-state index is 6.01. The first kappa shape index (κ1) is 9.60. The molecule has 80 valence electrons. The summed E-state index contributed by atoms with van der Waals surface area (Å²) in [6.07, 6.45) is 6.70. The van der Waals surface area contributed by atoms with Crippen LogP contribution in [0, 0.1) is 0 Å². The topological polar surface area (TPSA) is 38.9 Å². The Kier molecular flexibility index (Phi) is 2.41. The van der Waals surface area contributed by atoms with Crippen molar-refractivity contribution in [2.24, 2.45) is 0 Å². The number of nitrogen functional groups attached to an aromatic ring is 1. The first-order valence-electron chi connectivity index (χ1n) is 5.48. The molecule has 1 saturated carbocycles. The molecule has 0 aliphatic heterocycles. The first-order chi connectivity index (χ1) is 7.36. The third-order valence-electron chi connectivity index (χ3n) is 3.26. The SMILES string of the molecule is Nc1csc2snc(C3CCCCC3)c12. The molecule has 0 unspecified atom stereocenters. The van der Waals surface area contributed by atoms with Crippen molar-refractivity contribution in [2.75, 3.05) is 5.73 Å². The molecule has 2 nitrogen and oxygen atoms in total. The van der Waals surface area contributed by atoms with Gasteiger partial charge in [0.15, 0.2) is 0 Å². The second kappa shape index (κ2) is 3.76. The Morgan fingerprint density at radius 1 is 1.27 bits per heavy atom. The summed E-state index contributed by atoms with van der Waals surface area (Å²) < 4.78 is 5.91. The molecule has 0 radical (unpaired) electrons. The van der Waals surface area contributed by atoms with Crippen molar-refractivity contribution in [2.45, 2.75) is 38.0 Å². The molecule has 0 amide bonds. The summed E-state index contributed by atoms with van der Waals surface area (Å²) >= 11 is 3.35. The Labute approximate surface area is 97.3 Å². The smallest absolute Gasteiger partial charge is 0.110 e. The lowest BCUT2D eigenvalue weighted by Gasteiger charge is -2.19. The van der Waals surface area contributed by atoms with Gasteiger partial charge in [0.25, 0.3) is 0 Å². The molecule has 0 atom stereocenters. The second-order valence-corrected chi connectivity index (χ2v) is 6.17. The van der Waals surface area contributed by atoms with Crippen LogP contribution in [0.25, 0.3) is 9.40 Å². The molecule has 2 N–H and O–H groups in total. The zero-order valence-corrected chi connectivity index (χ0v) is 10.2. The highest BCUT2D eigenvalue weighted by molar-refractivity contribution is 7.35. The van der Waals surface area contributed by atoms with Gasteiger partial charge < -0.3 is 5.73 Å². The lowest BCUT2D eigenvalue weighted by atomic mass is 9.86. The number of anilines is 1. The van der Waals surface area contributed by atoms with Crippen LogP contribution in [-0.2, 0) is 0 Å². The van der Waals surface area contributed by atoms with Gasteiger partial charge in [-0.3, -0.25) is 0 Å². The van der Waals surface area contributed by atoms with E-state index in [1.54, 1.807) is 22.9 Å². The number of hydrogen-bond acceptors (Lipinski definition) is 4. The minimum Gasteiger partial charge on any atom is -0.397 e. The van der Waals surface area contributed by atoms with E-state index in [1.165, 1.54) is 47.2 Å². The van der Waals surface area contributed by atoms with Crippen molar-refractivity contribution >= 4 is 38.0 Å². The van der Waals surface area contributed by atoms with Crippen LogP contribution in [0.5, 0.6) is 0 Å². The predicted octanol–water partition coefficient (Wildman–Crippen LogP) is 3.99. The Morgan fingerprint density at radius 2 is 2.07 bits per heavy atom. The monoisotopic (exact) mass is 238 g/mol. The average Bonchev–Trinajstić information content (AvgIpc) is 2.84. The number of rotatable bonds is 1. The molecule has 3 rings (SSSR count). The van der Waals surface area contributed by atoms with Gasteiger partial charge in [-0.1, -0.05) is 19.3 Å². The predicted molar refractivity (Wildman–Crippen MR) is 67.7 cm³/mol. The number of hydrogen-bond donors (Lipinski definition) is 1. The van der Waals surface area contributed by atoms with Crippen LogP contribution in [0.2, 0.25) is 0 Å². The summed E-state index contributed by atoms with van der Waals surface area (Å²) in [5.74, 6) is 0.671. The lowest BCUT2D eigenvalue weighted by molar-refractivity contribution is 0.441. The van der Waals surface area contributed by atoms with Gasteiger partial charge in [0.1, 0.15) is 4.01 Å². The molecule has 1 fully saturated rings. The van der Waals surface area contributed by atoms with Crippen molar-refractivity contribution in [1.29, 1.82) is 0 Å². The maximum Gasteiger partial charge on any atom is 0.110 e. The molecule has 15 heavy (non-hydrogen) atoms. The molecule has 1 aliphatic carbocycles. The van der Waals surface area contributed by atoms with Gasteiger partial charge in [-0.05, 0) is 24.4 Å². The van der Waals surface area contributed by atoms with Crippen LogP contribution in [0.3, 0.4) is 0 Å². The summed E-state index contributed by atoms with van der Waals surface area (Å²) in [7, 11) is 0. The Balaban J connectivity index is 2.05. The van der Waals surface area contributed by atoms with Crippen molar-refractivity contribution in [3.05, 3.63) is 11.1 Å². The molecule has 0 saturated heterocycles.